The molecule has 0 amide bonds. The molecule has 0 rings (SSSR count). The molecule has 0 aliphatic carbocycles. The Labute approximate surface area is 530 Å². The molecule has 0 aliphatic rings. The van der Waals surface area contributed by atoms with Crippen molar-refractivity contribution in [2.45, 2.75) is 356 Å². The van der Waals surface area contributed by atoms with Crippen LogP contribution in [0.25, 0.3) is 0 Å². The summed E-state index contributed by atoms with van der Waals surface area (Å²) in [5, 5.41) is 10.6. The van der Waals surface area contributed by atoms with Crippen molar-refractivity contribution in [3.63, 3.8) is 0 Å². The Balaban J connectivity index is 5.24. The smallest absolute Gasteiger partial charge is 0.462 e. The lowest BCUT2D eigenvalue weighted by Crippen LogP contribution is -2.30. The SMILES string of the molecule is CCCCCCCCCCCCCC(=O)OC[C@H](COP(=O)(O)OC[C@@H](O)COP(=O)(O)OC[C@@H](COC(=O)CCCCCCCCC(C)CC)OC(=O)CCCCCCCCCC(C)C)OC(=O)CCCCCCCCCCCCCCCC(C)C. The second kappa shape index (κ2) is 59.1. The number of aliphatic hydroxyl groups excluding tert-OH is 1. The van der Waals surface area contributed by atoms with Crippen LogP contribution in [0.4, 0.5) is 0 Å². The maximum atomic E-state index is 13.0. The van der Waals surface area contributed by atoms with Crippen LogP contribution in [0.15, 0.2) is 0 Å². The number of hydrogen-bond donors (Lipinski definition) is 3. The summed E-state index contributed by atoms with van der Waals surface area (Å²) in [6.45, 7) is 11.7. The van der Waals surface area contributed by atoms with Crippen molar-refractivity contribution in [3.8, 4) is 0 Å². The average molecular weight is 1280 g/mol. The van der Waals surface area contributed by atoms with Gasteiger partial charge in [-0.15, -0.1) is 0 Å². The van der Waals surface area contributed by atoms with Crippen LogP contribution in [0.2, 0.25) is 0 Å². The Morgan fingerprint density at radius 1 is 0.333 bits per heavy atom. The van der Waals surface area contributed by atoms with Crippen molar-refractivity contribution < 1.29 is 80.2 Å². The summed E-state index contributed by atoms with van der Waals surface area (Å²) in [5.74, 6) is 0.0815. The van der Waals surface area contributed by atoms with Crippen molar-refractivity contribution >= 4 is 39.5 Å². The zero-order chi connectivity index (χ0) is 64.5. The normalized spacial score (nSPS) is 14.6. The lowest BCUT2D eigenvalue weighted by molar-refractivity contribution is -0.161. The lowest BCUT2D eigenvalue weighted by Gasteiger charge is -2.21. The molecule has 0 heterocycles. The highest BCUT2D eigenvalue weighted by molar-refractivity contribution is 7.47. The van der Waals surface area contributed by atoms with Gasteiger partial charge in [0.05, 0.1) is 26.4 Å². The van der Waals surface area contributed by atoms with E-state index in [-0.39, 0.29) is 25.7 Å². The highest BCUT2D eigenvalue weighted by Crippen LogP contribution is 2.45. The summed E-state index contributed by atoms with van der Waals surface area (Å²) in [7, 11) is -9.90. The Kier molecular flexibility index (Phi) is 57.8. The quantitative estimate of drug-likeness (QED) is 0.0222. The van der Waals surface area contributed by atoms with Crippen molar-refractivity contribution in [1.82, 2.24) is 0 Å². The Hall–Kier alpha value is -1.94. The predicted octanol–water partition coefficient (Wildman–Crippen LogP) is 19.1. The number of unbranched alkanes of at least 4 members (excludes halogenated alkanes) is 33. The number of carbonyl (C=O) groups excluding carboxylic acids is 4. The average Bonchev–Trinajstić information content (AvgIpc) is 3.69. The van der Waals surface area contributed by atoms with Gasteiger partial charge in [-0.05, 0) is 43.4 Å². The fourth-order valence-corrected chi connectivity index (χ4v) is 11.7. The molecule has 3 N–H and O–H groups in total. The number of phosphoric ester groups is 2. The van der Waals surface area contributed by atoms with Gasteiger partial charge in [0.2, 0.25) is 0 Å². The van der Waals surface area contributed by atoms with E-state index in [0.29, 0.717) is 31.6 Å². The predicted molar refractivity (Wildman–Crippen MR) is 349 cm³/mol. The summed E-state index contributed by atoms with van der Waals surface area (Å²) in [5.41, 5.74) is 0. The van der Waals surface area contributed by atoms with E-state index in [9.17, 15) is 43.2 Å². The van der Waals surface area contributed by atoms with E-state index in [1.807, 2.05) is 0 Å². The zero-order valence-corrected chi connectivity index (χ0v) is 58.3. The Bertz CT molecular complexity index is 1720. The van der Waals surface area contributed by atoms with Crippen LogP contribution in [0, 0.1) is 17.8 Å². The summed E-state index contributed by atoms with van der Waals surface area (Å²) >= 11 is 0. The van der Waals surface area contributed by atoms with E-state index in [1.54, 1.807) is 0 Å². The topological polar surface area (TPSA) is 237 Å². The zero-order valence-electron chi connectivity index (χ0n) is 56.5. The lowest BCUT2D eigenvalue weighted by atomic mass is 10.00. The van der Waals surface area contributed by atoms with Gasteiger partial charge in [-0.2, -0.15) is 0 Å². The van der Waals surface area contributed by atoms with E-state index in [0.717, 1.165) is 108 Å². The molecule has 87 heavy (non-hydrogen) atoms. The third-order valence-electron chi connectivity index (χ3n) is 16.0. The van der Waals surface area contributed by atoms with Crippen molar-refractivity contribution in [1.29, 1.82) is 0 Å². The number of phosphoric acid groups is 2. The van der Waals surface area contributed by atoms with Crippen molar-refractivity contribution in [3.05, 3.63) is 0 Å². The number of hydrogen-bond acceptors (Lipinski definition) is 15. The van der Waals surface area contributed by atoms with E-state index < -0.39 is 97.5 Å². The van der Waals surface area contributed by atoms with Gasteiger partial charge in [0.25, 0.3) is 0 Å². The van der Waals surface area contributed by atoms with Gasteiger partial charge in [-0.25, -0.2) is 9.13 Å². The third-order valence-corrected chi connectivity index (χ3v) is 17.9. The number of ether oxygens (including phenoxy) is 4. The molecular formula is C68H132O17P2. The fraction of sp³-hybridized carbons (Fsp3) is 0.941. The van der Waals surface area contributed by atoms with Crippen LogP contribution >= 0.6 is 15.6 Å². The van der Waals surface area contributed by atoms with Gasteiger partial charge < -0.3 is 33.8 Å². The number of rotatable bonds is 66. The van der Waals surface area contributed by atoms with Crippen molar-refractivity contribution in [2.75, 3.05) is 39.6 Å². The van der Waals surface area contributed by atoms with Crippen LogP contribution in [0.5, 0.6) is 0 Å². The number of esters is 4. The van der Waals surface area contributed by atoms with E-state index in [1.165, 1.54) is 141 Å². The van der Waals surface area contributed by atoms with Crippen LogP contribution in [-0.4, -0.2) is 96.7 Å². The highest BCUT2D eigenvalue weighted by atomic mass is 31.2. The Morgan fingerprint density at radius 3 is 0.874 bits per heavy atom. The van der Waals surface area contributed by atoms with Crippen LogP contribution in [0.1, 0.15) is 337 Å². The summed E-state index contributed by atoms with van der Waals surface area (Å²) in [6, 6.07) is 0. The van der Waals surface area contributed by atoms with Crippen molar-refractivity contribution in [2.24, 2.45) is 17.8 Å². The maximum Gasteiger partial charge on any atom is 0.472 e. The molecule has 0 spiro atoms. The molecule has 0 fully saturated rings. The first-order valence-electron chi connectivity index (χ1n) is 35.4. The molecule has 19 heteroatoms. The molecule has 516 valence electrons. The molecule has 0 aromatic heterocycles. The highest BCUT2D eigenvalue weighted by Gasteiger charge is 2.30. The third kappa shape index (κ3) is 61.3. The standard InChI is InChI=1S/C68H132O17P2/c1-8-10-11-12-13-14-18-22-27-35-42-49-65(70)78-55-63(84-67(72)51-44-37-28-23-20-17-15-16-19-21-25-32-39-46-59(3)4)57-82-86(74,75)80-53-62(69)54-81-87(76,77)83-58-64(85-68(73)52-45-38-29-24-26-33-40-47-60(5)6)56-79-66(71)50-43-36-31-30-34-41-48-61(7)9-2/h59-64,69H,8-58H2,1-7H3,(H,74,75)(H,76,77)/t61?,62-,63-,64-/m1/s1. The largest absolute Gasteiger partial charge is 0.472 e. The van der Waals surface area contributed by atoms with Gasteiger partial charge in [0, 0.05) is 25.7 Å². The minimum atomic E-state index is -4.95. The molecule has 0 bridgehead atoms. The molecule has 0 saturated heterocycles. The molecule has 17 nitrogen and oxygen atoms in total. The minimum absolute atomic E-state index is 0.102. The molecule has 0 radical (unpaired) electrons. The van der Waals surface area contributed by atoms with Gasteiger partial charge in [0.1, 0.15) is 19.3 Å². The van der Waals surface area contributed by atoms with Crippen LogP contribution < -0.4 is 0 Å². The first kappa shape index (κ1) is 85.1. The molecule has 0 aromatic rings. The van der Waals surface area contributed by atoms with E-state index in [2.05, 4.69) is 48.5 Å². The van der Waals surface area contributed by atoms with E-state index >= 15 is 0 Å². The summed E-state index contributed by atoms with van der Waals surface area (Å²) in [6.07, 6.45) is 41.7. The van der Waals surface area contributed by atoms with Gasteiger partial charge >= 0.3 is 39.5 Å². The second-order valence-corrected chi connectivity index (χ2v) is 28.7. The molecule has 6 atom stereocenters. The van der Waals surface area contributed by atoms with E-state index in [4.69, 9.17) is 37.0 Å². The molecule has 0 aliphatic heterocycles. The maximum absolute atomic E-state index is 13.0. The summed E-state index contributed by atoms with van der Waals surface area (Å²) in [4.78, 5) is 72.4. The minimum Gasteiger partial charge on any atom is -0.462 e. The summed E-state index contributed by atoms with van der Waals surface area (Å²) < 4.78 is 68.2. The molecule has 0 saturated carbocycles. The molecule has 3 unspecified atom stereocenters. The van der Waals surface area contributed by atoms with Gasteiger partial charge in [-0.3, -0.25) is 37.3 Å². The fourth-order valence-electron chi connectivity index (χ4n) is 10.2. The Morgan fingerprint density at radius 2 is 0.586 bits per heavy atom. The molecule has 0 aromatic carbocycles. The number of aliphatic hydroxyl groups is 1. The monoisotopic (exact) mass is 1280 g/mol. The first-order chi connectivity index (χ1) is 41.8. The second-order valence-electron chi connectivity index (χ2n) is 25.8. The van der Waals surface area contributed by atoms with Gasteiger partial charge in [0.15, 0.2) is 12.2 Å². The molecular weight excluding hydrogens is 1150 g/mol. The first-order valence-corrected chi connectivity index (χ1v) is 38.4. The van der Waals surface area contributed by atoms with Gasteiger partial charge in [-0.1, -0.05) is 286 Å². The number of carbonyl (C=O) groups is 4. The van der Waals surface area contributed by atoms with Crippen LogP contribution in [-0.2, 0) is 65.4 Å². The van der Waals surface area contributed by atoms with Crippen LogP contribution in [0.3, 0.4) is 0 Å².